The van der Waals surface area contributed by atoms with Crippen LogP contribution in [0.25, 0.3) is 33.4 Å². The van der Waals surface area contributed by atoms with Gasteiger partial charge >= 0.3 is 0 Å². The Kier molecular flexibility index (Phi) is 8.50. The summed E-state index contributed by atoms with van der Waals surface area (Å²) in [7, 11) is -1.09. The number of ether oxygens (including phenoxy) is 1. The lowest BCUT2D eigenvalue weighted by molar-refractivity contribution is 0.276. The Morgan fingerprint density at radius 3 is 2.41 bits per heavy atom. The van der Waals surface area contributed by atoms with Gasteiger partial charge in [-0.25, -0.2) is 4.98 Å². The molecule has 0 radical (unpaired) electrons. The molecule has 0 bridgehead atoms. The van der Waals surface area contributed by atoms with Crippen LogP contribution in [-0.2, 0) is 24.0 Å². The van der Waals surface area contributed by atoms with Crippen LogP contribution in [0.2, 0.25) is 0 Å². The molecule has 0 saturated heterocycles. The van der Waals surface area contributed by atoms with E-state index in [4.69, 9.17) is 4.74 Å². The number of nitrogens with zero attached hydrogens (tertiary/aromatic N) is 1. The van der Waals surface area contributed by atoms with Crippen molar-refractivity contribution in [2.24, 2.45) is 0 Å². The van der Waals surface area contributed by atoms with E-state index in [1.807, 2.05) is 42.5 Å². The fourth-order valence-electron chi connectivity index (χ4n) is 4.13. The van der Waals surface area contributed by atoms with E-state index in [2.05, 4.69) is 29.1 Å². The molecule has 3 aromatic carbocycles. The van der Waals surface area contributed by atoms with E-state index < -0.39 is 10.8 Å². The van der Waals surface area contributed by atoms with Gasteiger partial charge in [-0.05, 0) is 53.1 Å². The largest absolute Gasteiger partial charge is 0.492 e. The highest BCUT2D eigenvalue weighted by atomic mass is 32.2. The maximum atomic E-state index is 13.0. The maximum absolute atomic E-state index is 13.0. The van der Waals surface area contributed by atoms with Gasteiger partial charge in [0.1, 0.15) is 18.2 Å². The molecular weight excluding hydrogens is 490 g/mol. The zero-order valence-corrected chi connectivity index (χ0v) is 21.9. The summed E-state index contributed by atoms with van der Waals surface area (Å²) in [6, 6.07) is 16.6. The SMILES string of the molecule is CC(C)NCCOc1ccc(-c2nc3cc(CO)cc(CO)c3c(=O)[nH]2)cc1-c1ccc(S(C)=O)cc1. The summed E-state index contributed by atoms with van der Waals surface area (Å²) in [4.78, 5) is 21.2. The normalized spacial score (nSPS) is 12.3. The third-order valence-corrected chi connectivity index (χ3v) is 6.90. The number of hydrogen-bond acceptors (Lipinski definition) is 7. The molecule has 37 heavy (non-hydrogen) atoms. The van der Waals surface area contributed by atoms with Crippen LogP contribution < -0.4 is 15.6 Å². The monoisotopic (exact) mass is 521 g/mol. The first kappa shape index (κ1) is 26.7. The summed E-state index contributed by atoms with van der Waals surface area (Å²) < 4.78 is 18.0. The van der Waals surface area contributed by atoms with Crippen LogP contribution in [0.4, 0.5) is 0 Å². The lowest BCUT2D eigenvalue weighted by Gasteiger charge is -2.15. The van der Waals surface area contributed by atoms with Crippen LogP contribution in [0.5, 0.6) is 5.75 Å². The van der Waals surface area contributed by atoms with Gasteiger partial charge in [0.05, 0.1) is 24.1 Å². The molecule has 4 rings (SSSR count). The molecule has 1 unspecified atom stereocenters. The highest BCUT2D eigenvalue weighted by Gasteiger charge is 2.15. The van der Waals surface area contributed by atoms with Crippen molar-refractivity contribution in [2.75, 3.05) is 19.4 Å². The zero-order valence-electron chi connectivity index (χ0n) is 21.1. The van der Waals surface area contributed by atoms with Crippen molar-refractivity contribution in [1.29, 1.82) is 0 Å². The Hall–Kier alpha value is -3.37. The number of aliphatic hydroxyl groups excluding tert-OH is 2. The zero-order chi connectivity index (χ0) is 26.5. The second kappa shape index (κ2) is 11.8. The number of aromatic amines is 1. The topological polar surface area (TPSA) is 125 Å². The van der Waals surface area contributed by atoms with Gasteiger partial charge in [-0.1, -0.05) is 32.0 Å². The maximum Gasteiger partial charge on any atom is 0.259 e. The molecule has 1 heterocycles. The summed E-state index contributed by atoms with van der Waals surface area (Å²) >= 11 is 0. The minimum atomic E-state index is -1.09. The van der Waals surface area contributed by atoms with Crippen molar-refractivity contribution >= 4 is 21.7 Å². The van der Waals surface area contributed by atoms with Crippen molar-refractivity contribution in [3.05, 3.63) is 76.1 Å². The quantitative estimate of drug-likeness (QED) is 0.236. The predicted octanol–water partition coefficient (Wildman–Crippen LogP) is 3.36. The summed E-state index contributed by atoms with van der Waals surface area (Å²) in [5, 5.41) is 23.0. The standard InChI is InChI=1S/C28H31N3O5S/c1-17(2)29-10-11-36-25-9-6-20(14-23(25)19-4-7-22(8-5-19)37(3)35)27-30-24-13-18(15-32)12-21(16-33)26(24)28(34)31-27/h4-9,12-14,17,29,32-33H,10-11,15-16H2,1-3H3,(H,30,31,34). The van der Waals surface area contributed by atoms with Gasteiger partial charge in [0.2, 0.25) is 0 Å². The summed E-state index contributed by atoms with van der Waals surface area (Å²) in [6.45, 7) is 4.74. The predicted molar refractivity (Wildman–Crippen MR) is 146 cm³/mol. The van der Waals surface area contributed by atoms with Crippen molar-refractivity contribution in [3.8, 4) is 28.3 Å². The Balaban J connectivity index is 1.80. The molecule has 1 aromatic heterocycles. The van der Waals surface area contributed by atoms with Gasteiger partial charge in [0.15, 0.2) is 0 Å². The van der Waals surface area contributed by atoms with E-state index in [9.17, 15) is 19.2 Å². The molecule has 9 heteroatoms. The Labute approximate surface area is 217 Å². The first-order valence-corrected chi connectivity index (χ1v) is 13.6. The molecule has 0 amide bonds. The molecule has 8 nitrogen and oxygen atoms in total. The summed E-state index contributed by atoms with van der Waals surface area (Å²) in [6.07, 6.45) is 1.64. The highest BCUT2D eigenvalue weighted by molar-refractivity contribution is 7.84. The molecule has 0 aliphatic rings. The number of benzene rings is 3. The first-order chi connectivity index (χ1) is 17.8. The molecule has 1 atom stereocenters. The van der Waals surface area contributed by atoms with Crippen LogP contribution >= 0.6 is 0 Å². The van der Waals surface area contributed by atoms with Crippen LogP contribution in [0.15, 0.2) is 64.3 Å². The molecule has 194 valence electrons. The van der Waals surface area contributed by atoms with Crippen molar-refractivity contribution in [1.82, 2.24) is 15.3 Å². The Bertz CT molecular complexity index is 1480. The first-order valence-electron chi connectivity index (χ1n) is 12.0. The van der Waals surface area contributed by atoms with E-state index in [0.29, 0.717) is 58.4 Å². The second-order valence-electron chi connectivity index (χ2n) is 9.03. The van der Waals surface area contributed by atoms with E-state index in [1.54, 1.807) is 18.4 Å². The average molecular weight is 522 g/mol. The van der Waals surface area contributed by atoms with Gasteiger partial charge in [0, 0.05) is 45.7 Å². The number of aromatic nitrogens is 2. The van der Waals surface area contributed by atoms with Crippen LogP contribution in [0, 0.1) is 0 Å². The molecule has 0 fully saturated rings. The molecular formula is C28H31N3O5S. The van der Waals surface area contributed by atoms with E-state index in [1.165, 1.54) is 0 Å². The third kappa shape index (κ3) is 6.14. The number of nitrogens with one attached hydrogen (secondary N) is 2. The molecule has 0 aliphatic heterocycles. The number of rotatable bonds is 10. The second-order valence-corrected chi connectivity index (χ2v) is 10.4. The Morgan fingerprint density at radius 2 is 1.76 bits per heavy atom. The smallest absolute Gasteiger partial charge is 0.259 e. The van der Waals surface area contributed by atoms with Crippen molar-refractivity contribution < 1.29 is 19.2 Å². The Morgan fingerprint density at radius 1 is 1.03 bits per heavy atom. The number of fused-ring (bicyclic) bond motifs is 1. The summed E-state index contributed by atoms with van der Waals surface area (Å²) in [5.74, 6) is 1.03. The molecule has 4 N–H and O–H groups in total. The lowest BCUT2D eigenvalue weighted by atomic mass is 10.0. The van der Waals surface area contributed by atoms with Crippen LogP contribution in [0.3, 0.4) is 0 Å². The fraction of sp³-hybridized carbons (Fsp3) is 0.286. The van der Waals surface area contributed by atoms with E-state index in [0.717, 1.165) is 16.0 Å². The van der Waals surface area contributed by atoms with Gasteiger partial charge in [-0.15, -0.1) is 0 Å². The highest BCUT2D eigenvalue weighted by Crippen LogP contribution is 2.34. The molecule has 4 aromatic rings. The van der Waals surface area contributed by atoms with E-state index in [-0.39, 0.29) is 18.8 Å². The number of H-pyrrole nitrogens is 1. The summed E-state index contributed by atoms with van der Waals surface area (Å²) in [5.41, 5.74) is 3.35. The fourth-order valence-corrected chi connectivity index (χ4v) is 4.65. The molecule has 0 spiro atoms. The van der Waals surface area contributed by atoms with Gasteiger partial charge in [0.25, 0.3) is 5.56 Å². The number of aliphatic hydroxyl groups is 2. The van der Waals surface area contributed by atoms with Gasteiger partial charge in [-0.3, -0.25) is 9.00 Å². The van der Waals surface area contributed by atoms with E-state index >= 15 is 0 Å². The minimum Gasteiger partial charge on any atom is -0.492 e. The number of hydrogen-bond donors (Lipinski definition) is 4. The van der Waals surface area contributed by atoms with Crippen LogP contribution in [-0.4, -0.2) is 49.8 Å². The van der Waals surface area contributed by atoms with Crippen molar-refractivity contribution in [3.63, 3.8) is 0 Å². The minimum absolute atomic E-state index is 0.229. The lowest BCUT2D eigenvalue weighted by Crippen LogP contribution is -2.27. The van der Waals surface area contributed by atoms with Gasteiger partial charge in [-0.2, -0.15) is 0 Å². The third-order valence-electron chi connectivity index (χ3n) is 5.97. The molecule has 0 aliphatic carbocycles. The molecule has 0 saturated carbocycles. The van der Waals surface area contributed by atoms with Crippen molar-refractivity contribution in [2.45, 2.75) is 38.0 Å². The average Bonchev–Trinajstić information content (AvgIpc) is 2.90. The van der Waals surface area contributed by atoms with Crippen LogP contribution in [0.1, 0.15) is 25.0 Å². The van der Waals surface area contributed by atoms with Gasteiger partial charge < -0.3 is 25.3 Å².